The van der Waals surface area contributed by atoms with E-state index in [4.69, 9.17) is 16.3 Å². The van der Waals surface area contributed by atoms with Gasteiger partial charge in [-0.1, -0.05) is 30.7 Å². The number of carbonyl (C=O) groups is 3. The molecular weight excluding hydrogens is 555 g/mol. The van der Waals surface area contributed by atoms with Crippen LogP contribution in [0, 0.1) is 11.7 Å². The van der Waals surface area contributed by atoms with Gasteiger partial charge in [0.2, 0.25) is 5.91 Å². The third-order valence-electron chi connectivity index (χ3n) is 6.53. The van der Waals surface area contributed by atoms with Crippen molar-refractivity contribution in [1.29, 1.82) is 0 Å². The highest BCUT2D eigenvalue weighted by atomic mass is 35.5. The highest BCUT2D eigenvalue weighted by Gasteiger charge is 2.26. The van der Waals surface area contributed by atoms with Gasteiger partial charge >= 0.3 is 0 Å². The maximum Gasteiger partial charge on any atom is 0.275 e. The van der Waals surface area contributed by atoms with Crippen LogP contribution in [0.15, 0.2) is 30.6 Å². The van der Waals surface area contributed by atoms with Crippen LogP contribution in [-0.4, -0.2) is 79.7 Å². The first kappa shape index (κ1) is 30.0. The van der Waals surface area contributed by atoms with Crippen molar-refractivity contribution in [3.63, 3.8) is 0 Å². The summed E-state index contributed by atoms with van der Waals surface area (Å²) in [7, 11) is 0. The van der Waals surface area contributed by atoms with Crippen LogP contribution in [0.5, 0.6) is 5.75 Å². The van der Waals surface area contributed by atoms with Gasteiger partial charge in [0.15, 0.2) is 5.69 Å². The second-order valence-electron chi connectivity index (χ2n) is 10.1. The number of carbonyl (C=O) groups excluding carboxylic acids is 3. The Bertz CT molecular complexity index is 1390. The zero-order chi connectivity index (χ0) is 29.5. The summed E-state index contributed by atoms with van der Waals surface area (Å²) >= 11 is 6.30. The Kier molecular flexibility index (Phi) is 9.92. The molecular formula is C27H34ClFN8O4. The number of benzene rings is 1. The molecule has 220 valence electrons. The van der Waals surface area contributed by atoms with E-state index in [-0.39, 0.29) is 60.1 Å². The minimum Gasteiger partial charge on any atom is -0.491 e. The van der Waals surface area contributed by atoms with Crippen LogP contribution >= 0.6 is 11.6 Å². The van der Waals surface area contributed by atoms with Crippen molar-refractivity contribution in [2.24, 2.45) is 5.92 Å². The van der Waals surface area contributed by atoms with Gasteiger partial charge in [-0.3, -0.25) is 19.1 Å². The Morgan fingerprint density at radius 1 is 1.22 bits per heavy atom. The van der Waals surface area contributed by atoms with E-state index < -0.39 is 23.7 Å². The number of aryl methyl sites for hydroxylation is 1. The topological polar surface area (TPSA) is 136 Å². The normalized spacial score (nSPS) is 17.2. The Morgan fingerprint density at radius 3 is 2.76 bits per heavy atom. The predicted octanol–water partition coefficient (Wildman–Crippen LogP) is 2.33. The fraction of sp³-hybridized carbons (Fsp3) is 0.481. The molecule has 0 spiro atoms. The summed E-state index contributed by atoms with van der Waals surface area (Å²) in [6.07, 6.45) is 4.09. The Balaban J connectivity index is 1.60. The van der Waals surface area contributed by atoms with Crippen LogP contribution in [0.3, 0.4) is 0 Å². The van der Waals surface area contributed by atoms with Gasteiger partial charge in [0.1, 0.15) is 24.2 Å². The number of nitrogens with one attached hydrogen (secondary N) is 2. The molecule has 1 atom stereocenters. The van der Waals surface area contributed by atoms with Crippen LogP contribution in [0.25, 0.3) is 0 Å². The molecule has 2 bridgehead atoms. The largest absolute Gasteiger partial charge is 0.491 e. The summed E-state index contributed by atoms with van der Waals surface area (Å²) < 4.78 is 23.1. The minimum atomic E-state index is -0.888. The molecule has 1 aliphatic rings. The van der Waals surface area contributed by atoms with Crippen LogP contribution < -0.4 is 15.4 Å². The van der Waals surface area contributed by atoms with Gasteiger partial charge in [-0.25, -0.2) is 9.07 Å². The molecule has 3 heterocycles. The van der Waals surface area contributed by atoms with Crippen molar-refractivity contribution < 1.29 is 23.5 Å². The molecule has 0 saturated heterocycles. The molecule has 0 saturated carbocycles. The lowest BCUT2D eigenvalue weighted by Gasteiger charge is -2.24. The van der Waals surface area contributed by atoms with Crippen molar-refractivity contribution in [3.8, 4) is 5.75 Å². The zero-order valence-corrected chi connectivity index (χ0v) is 24.0. The summed E-state index contributed by atoms with van der Waals surface area (Å²) in [6.45, 7) is 7.30. The maximum absolute atomic E-state index is 14.1. The molecule has 0 aliphatic carbocycles. The van der Waals surface area contributed by atoms with E-state index in [1.807, 2.05) is 20.8 Å². The molecule has 0 unspecified atom stereocenters. The lowest BCUT2D eigenvalue weighted by Crippen LogP contribution is -2.49. The number of ether oxygens (including phenoxy) is 1. The van der Waals surface area contributed by atoms with Crippen molar-refractivity contribution in [2.75, 3.05) is 26.2 Å². The van der Waals surface area contributed by atoms with Gasteiger partial charge in [-0.2, -0.15) is 5.10 Å². The van der Waals surface area contributed by atoms with E-state index in [0.29, 0.717) is 31.6 Å². The third-order valence-corrected chi connectivity index (χ3v) is 6.81. The SMILES string of the molecule is CCn1cc(Cl)c(C(=O)N2CCNC(=O)[C@@H](CC(C)C)NC(=O)c3cc(F)ccc3OCCn3cc(nn3)CC2)n1. The van der Waals surface area contributed by atoms with E-state index in [9.17, 15) is 18.8 Å². The number of fused-ring (bicyclic) bond motifs is 3. The van der Waals surface area contributed by atoms with Crippen LogP contribution in [0.2, 0.25) is 5.02 Å². The number of nitrogens with zero attached hydrogens (tertiary/aromatic N) is 6. The second-order valence-corrected chi connectivity index (χ2v) is 10.5. The molecule has 3 amide bonds. The van der Waals surface area contributed by atoms with E-state index >= 15 is 0 Å². The minimum absolute atomic E-state index is 0.0212. The van der Waals surface area contributed by atoms with Crippen molar-refractivity contribution >= 4 is 29.3 Å². The smallest absolute Gasteiger partial charge is 0.275 e. The molecule has 1 aliphatic heterocycles. The number of halogens is 2. The summed E-state index contributed by atoms with van der Waals surface area (Å²) in [5.41, 5.74) is 0.753. The highest BCUT2D eigenvalue weighted by molar-refractivity contribution is 6.33. The standard InChI is InChI=1S/C27H34ClFN8O4/c1-4-36-16-21(28)24(33-36)27(40)35-9-7-19-15-37(34-32-19)11-12-41-23-6-5-18(29)14-20(23)25(38)31-22(13-17(2)3)26(39)30-8-10-35/h5-6,14-17,22H,4,7-13H2,1-3H3,(H,30,39)(H,31,38)/t22-/m1/s1. The van der Waals surface area contributed by atoms with E-state index in [2.05, 4.69) is 26.0 Å². The lowest BCUT2D eigenvalue weighted by atomic mass is 10.0. The number of hydrogen-bond acceptors (Lipinski definition) is 7. The fourth-order valence-corrected chi connectivity index (χ4v) is 4.64. The quantitative estimate of drug-likeness (QED) is 0.477. The van der Waals surface area contributed by atoms with Gasteiger partial charge in [0.05, 0.1) is 22.8 Å². The van der Waals surface area contributed by atoms with Crippen molar-refractivity contribution in [3.05, 3.63) is 58.4 Å². The summed E-state index contributed by atoms with van der Waals surface area (Å²) in [6, 6.07) is 2.78. The maximum atomic E-state index is 14.1. The Hall–Kier alpha value is -4.00. The van der Waals surface area contributed by atoms with E-state index in [1.54, 1.807) is 26.7 Å². The van der Waals surface area contributed by atoms with Crippen molar-refractivity contribution in [1.82, 2.24) is 40.3 Å². The second kappa shape index (κ2) is 13.6. The Morgan fingerprint density at radius 2 is 2.02 bits per heavy atom. The van der Waals surface area contributed by atoms with Crippen LogP contribution in [0.1, 0.15) is 53.7 Å². The number of amides is 3. The number of aromatic nitrogens is 5. The van der Waals surface area contributed by atoms with Gasteiger partial charge in [0.25, 0.3) is 11.8 Å². The zero-order valence-electron chi connectivity index (χ0n) is 23.3. The van der Waals surface area contributed by atoms with E-state index in [1.165, 1.54) is 12.1 Å². The van der Waals surface area contributed by atoms with Crippen LogP contribution in [0.4, 0.5) is 4.39 Å². The molecule has 41 heavy (non-hydrogen) atoms. The predicted molar refractivity (Wildman–Crippen MR) is 148 cm³/mol. The molecule has 4 rings (SSSR count). The summed E-state index contributed by atoms with van der Waals surface area (Å²) in [4.78, 5) is 41.4. The molecule has 0 fully saturated rings. The Labute approximate surface area is 242 Å². The lowest BCUT2D eigenvalue weighted by molar-refractivity contribution is -0.123. The molecule has 12 nitrogen and oxygen atoms in total. The first-order chi connectivity index (χ1) is 19.6. The molecule has 0 radical (unpaired) electrons. The molecule has 14 heteroatoms. The monoisotopic (exact) mass is 588 g/mol. The van der Waals surface area contributed by atoms with Gasteiger partial charge in [-0.15, -0.1) is 5.10 Å². The van der Waals surface area contributed by atoms with Gasteiger partial charge < -0.3 is 20.3 Å². The molecule has 2 N–H and O–H groups in total. The third kappa shape index (κ3) is 7.81. The average molecular weight is 589 g/mol. The first-order valence-corrected chi connectivity index (χ1v) is 13.9. The number of rotatable bonds is 4. The highest BCUT2D eigenvalue weighted by Crippen LogP contribution is 2.21. The summed E-state index contributed by atoms with van der Waals surface area (Å²) in [5, 5.41) is 18.4. The molecule has 1 aromatic carbocycles. The average Bonchev–Trinajstić information content (AvgIpc) is 3.55. The first-order valence-electron chi connectivity index (χ1n) is 13.6. The van der Waals surface area contributed by atoms with Gasteiger partial charge in [-0.05, 0) is 37.5 Å². The van der Waals surface area contributed by atoms with Crippen LogP contribution in [-0.2, 0) is 24.3 Å². The van der Waals surface area contributed by atoms with Crippen molar-refractivity contribution in [2.45, 2.75) is 52.7 Å². The molecule has 2 aromatic heterocycles. The van der Waals surface area contributed by atoms with Gasteiger partial charge in [0, 0.05) is 45.0 Å². The number of hydrogen-bond donors (Lipinski definition) is 2. The molecule has 3 aromatic rings. The summed E-state index contributed by atoms with van der Waals surface area (Å²) in [5.74, 6) is -1.78. The fourth-order valence-electron chi connectivity index (χ4n) is 4.41. The van der Waals surface area contributed by atoms with E-state index in [0.717, 1.165) is 6.07 Å².